The van der Waals surface area contributed by atoms with Gasteiger partial charge in [0, 0.05) is 25.0 Å². The standard InChI is InChI=1S/C26H17FS2/c27-21-3-1-2-16(12-21)4-9-22-13-20-8-7-19-14-23-18(15-24(19)26(20)29-22)6-5-17-10-11-28-25(17)23/h1-3,5-8,10-15H,4,9H2. The maximum absolute atomic E-state index is 13.4. The minimum absolute atomic E-state index is 0.156. The smallest absolute Gasteiger partial charge is 0.123 e. The van der Waals surface area contributed by atoms with E-state index < -0.39 is 0 Å². The molecule has 0 N–H and O–H groups in total. The molecule has 2 heterocycles. The first-order chi connectivity index (χ1) is 14.2. The molecular formula is C26H17FS2. The van der Waals surface area contributed by atoms with Gasteiger partial charge < -0.3 is 0 Å². The van der Waals surface area contributed by atoms with Crippen LogP contribution >= 0.6 is 22.7 Å². The lowest BCUT2D eigenvalue weighted by atomic mass is 10.0. The van der Waals surface area contributed by atoms with Crippen molar-refractivity contribution in [2.45, 2.75) is 12.8 Å². The molecule has 0 bridgehead atoms. The van der Waals surface area contributed by atoms with Crippen molar-refractivity contribution < 1.29 is 4.39 Å². The van der Waals surface area contributed by atoms with E-state index in [-0.39, 0.29) is 5.82 Å². The van der Waals surface area contributed by atoms with E-state index in [1.54, 1.807) is 12.1 Å². The molecule has 0 spiro atoms. The molecule has 0 atom stereocenters. The topological polar surface area (TPSA) is 0 Å². The summed E-state index contributed by atoms with van der Waals surface area (Å²) in [6.45, 7) is 0. The number of halogens is 1. The van der Waals surface area contributed by atoms with E-state index >= 15 is 0 Å². The summed E-state index contributed by atoms with van der Waals surface area (Å²) in [7, 11) is 0. The second-order valence-electron chi connectivity index (χ2n) is 7.53. The fourth-order valence-electron chi connectivity index (χ4n) is 4.21. The van der Waals surface area contributed by atoms with Crippen molar-refractivity contribution in [3.63, 3.8) is 0 Å². The molecule has 3 heteroatoms. The summed E-state index contributed by atoms with van der Waals surface area (Å²) in [4.78, 5) is 1.35. The van der Waals surface area contributed by atoms with Crippen LogP contribution in [0, 0.1) is 5.82 Å². The van der Waals surface area contributed by atoms with Gasteiger partial charge in [0.2, 0.25) is 0 Å². The molecule has 0 radical (unpaired) electrons. The average molecular weight is 413 g/mol. The Labute approximate surface area is 175 Å². The van der Waals surface area contributed by atoms with Crippen LogP contribution in [0.5, 0.6) is 0 Å². The molecule has 6 aromatic rings. The number of rotatable bonds is 3. The zero-order chi connectivity index (χ0) is 19.4. The number of hydrogen-bond acceptors (Lipinski definition) is 2. The largest absolute Gasteiger partial charge is 0.207 e. The fraction of sp³-hybridized carbons (Fsp3) is 0.0769. The number of benzene rings is 4. The minimum atomic E-state index is -0.156. The summed E-state index contributed by atoms with van der Waals surface area (Å²) >= 11 is 3.69. The molecule has 0 saturated carbocycles. The van der Waals surface area contributed by atoms with Gasteiger partial charge in [-0.2, -0.15) is 0 Å². The third-order valence-corrected chi connectivity index (χ3v) is 7.86. The van der Waals surface area contributed by atoms with Crippen LogP contribution in [0.15, 0.2) is 78.2 Å². The first-order valence-electron chi connectivity index (χ1n) is 9.74. The van der Waals surface area contributed by atoms with Crippen molar-refractivity contribution in [3.8, 4) is 0 Å². The maximum Gasteiger partial charge on any atom is 0.123 e. The van der Waals surface area contributed by atoms with Gasteiger partial charge in [-0.1, -0.05) is 36.4 Å². The predicted molar refractivity (Wildman–Crippen MR) is 126 cm³/mol. The minimum Gasteiger partial charge on any atom is -0.207 e. The Morgan fingerprint density at radius 3 is 2.24 bits per heavy atom. The highest BCUT2D eigenvalue weighted by atomic mass is 32.1. The van der Waals surface area contributed by atoms with Crippen LogP contribution in [0.1, 0.15) is 10.4 Å². The van der Waals surface area contributed by atoms with Crippen LogP contribution in [0.2, 0.25) is 0 Å². The molecule has 0 aliphatic rings. The van der Waals surface area contributed by atoms with Gasteiger partial charge >= 0.3 is 0 Å². The maximum atomic E-state index is 13.4. The van der Waals surface area contributed by atoms with Gasteiger partial charge in [0.05, 0.1) is 0 Å². The molecule has 2 aromatic heterocycles. The fourth-order valence-corrected chi connectivity index (χ4v) is 6.32. The van der Waals surface area contributed by atoms with Crippen LogP contribution in [0.4, 0.5) is 4.39 Å². The van der Waals surface area contributed by atoms with Crippen molar-refractivity contribution in [1.82, 2.24) is 0 Å². The summed E-state index contributed by atoms with van der Waals surface area (Å²) in [6, 6.07) is 25.1. The normalized spacial score (nSPS) is 11.9. The lowest BCUT2D eigenvalue weighted by Gasteiger charge is -2.05. The number of hydrogen-bond donors (Lipinski definition) is 0. The summed E-state index contributed by atoms with van der Waals surface area (Å²) < 4.78 is 16.2. The Hall–Kier alpha value is -2.75. The molecule has 0 aliphatic heterocycles. The number of thiophene rings is 2. The highest BCUT2D eigenvalue weighted by Gasteiger charge is 2.10. The van der Waals surface area contributed by atoms with E-state index in [0.29, 0.717) is 0 Å². The highest BCUT2D eigenvalue weighted by molar-refractivity contribution is 7.20. The predicted octanol–water partition coefficient (Wildman–Crippen LogP) is 8.35. The average Bonchev–Trinajstić information content (AvgIpc) is 3.38. The monoisotopic (exact) mass is 412 g/mol. The Balaban J connectivity index is 1.45. The Bertz CT molecular complexity index is 1520. The number of fused-ring (bicyclic) bond motifs is 6. The number of aryl methyl sites for hydroxylation is 2. The quantitative estimate of drug-likeness (QED) is 0.256. The van der Waals surface area contributed by atoms with E-state index in [1.807, 2.05) is 28.7 Å². The summed E-state index contributed by atoms with van der Waals surface area (Å²) in [6.07, 6.45) is 1.80. The third kappa shape index (κ3) is 2.93. The van der Waals surface area contributed by atoms with Crippen molar-refractivity contribution in [1.29, 1.82) is 0 Å². The van der Waals surface area contributed by atoms with Crippen molar-refractivity contribution in [2.24, 2.45) is 0 Å². The molecule has 4 aromatic carbocycles. The molecule has 29 heavy (non-hydrogen) atoms. The van der Waals surface area contributed by atoms with Crippen LogP contribution in [0.25, 0.3) is 41.7 Å². The zero-order valence-electron chi connectivity index (χ0n) is 15.6. The van der Waals surface area contributed by atoms with Gasteiger partial charge in [0.1, 0.15) is 5.82 Å². The molecule has 0 aliphatic carbocycles. The lowest BCUT2D eigenvalue weighted by Crippen LogP contribution is -1.89. The Kier molecular flexibility index (Phi) is 3.93. The lowest BCUT2D eigenvalue weighted by molar-refractivity contribution is 0.625. The second-order valence-corrected chi connectivity index (χ2v) is 9.58. The summed E-state index contributed by atoms with van der Waals surface area (Å²) in [5, 5.41) is 10.0. The first kappa shape index (κ1) is 17.1. The van der Waals surface area contributed by atoms with Crippen LogP contribution in [-0.4, -0.2) is 0 Å². The van der Waals surface area contributed by atoms with Crippen LogP contribution in [-0.2, 0) is 12.8 Å². The second kappa shape index (κ2) is 6.65. The van der Waals surface area contributed by atoms with E-state index in [1.165, 1.54) is 52.7 Å². The molecule has 140 valence electrons. The van der Waals surface area contributed by atoms with Gasteiger partial charge in [0.25, 0.3) is 0 Å². The highest BCUT2D eigenvalue weighted by Crippen LogP contribution is 2.38. The van der Waals surface area contributed by atoms with E-state index in [2.05, 4.69) is 53.9 Å². The molecule has 0 unspecified atom stereocenters. The van der Waals surface area contributed by atoms with E-state index in [4.69, 9.17) is 0 Å². The van der Waals surface area contributed by atoms with Gasteiger partial charge in [-0.05, 0) is 81.7 Å². The van der Waals surface area contributed by atoms with Crippen LogP contribution in [0.3, 0.4) is 0 Å². The first-order valence-corrected chi connectivity index (χ1v) is 11.4. The molecule has 0 amide bonds. The van der Waals surface area contributed by atoms with Gasteiger partial charge in [-0.25, -0.2) is 4.39 Å². The van der Waals surface area contributed by atoms with Gasteiger partial charge in [0.15, 0.2) is 0 Å². The zero-order valence-corrected chi connectivity index (χ0v) is 17.2. The molecule has 0 fully saturated rings. The molecular weight excluding hydrogens is 395 g/mol. The van der Waals surface area contributed by atoms with Crippen molar-refractivity contribution >= 4 is 64.4 Å². The molecule has 6 rings (SSSR count). The van der Waals surface area contributed by atoms with Crippen LogP contribution < -0.4 is 0 Å². The Morgan fingerprint density at radius 1 is 0.655 bits per heavy atom. The summed E-state index contributed by atoms with van der Waals surface area (Å²) in [5.41, 5.74) is 1.05. The van der Waals surface area contributed by atoms with E-state index in [9.17, 15) is 4.39 Å². The SMILES string of the molecule is Fc1cccc(CCc2cc3ccc4cc5c(ccc6ccsc65)cc4c3s2)c1. The van der Waals surface area contributed by atoms with Gasteiger partial charge in [-0.15, -0.1) is 22.7 Å². The third-order valence-electron chi connectivity index (χ3n) is 5.65. The van der Waals surface area contributed by atoms with E-state index in [0.717, 1.165) is 18.4 Å². The Morgan fingerprint density at radius 2 is 1.41 bits per heavy atom. The van der Waals surface area contributed by atoms with Gasteiger partial charge in [-0.3, -0.25) is 0 Å². The molecule has 0 nitrogen and oxygen atoms in total. The van der Waals surface area contributed by atoms with Crippen molar-refractivity contribution in [3.05, 3.63) is 94.4 Å². The van der Waals surface area contributed by atoms with Crippen molar-refractivity contribution in [2.75, 3.05) is 0 Å². The summed E-state index contributed by atoms with van der Waals surface area (Å²) in [5.74, 6) is -0.156. The molecule has 0 saturated heterocycles.